The zero-order valence-corrected chi connectivity index (χ0v) is 11.7. The lowest BCUT2D eigenvalue weighted by molar-refractivity contribution is -0.121. The Kier molecular flexibility index (Phi) is 7.42. The fourth-order valence-electron chi connectivity index (χ4n) is 1.64. The molecular formula is C14H22N2O4. The van der Waals surface area contributed by atoms with Crippen molar-refractivity contribution in [2.75, 3.05) is 19.7 Å². The summed E-state index contributed by atoms with van der Waals surface area (Å²) in [6, 6.07) is 3.24. The van der Waals surface area contributed by atoms with E-state index in [1.54, 1.807) is 12.1 Å². The Morgan fingerprint density at radius 3 is 2.85 bits per heavy atom. The van der Waals surface area contributed by atoms with Gasteiger partial charge in [-0.15, -0.1) is 0 Å². The predicted octanol–water partition coefficient (Wildman–Crippen LogP) is 0.924. The van der Waals surface area contributed by atoms with E-state index in [2.05, 4.69) is 10.6 Å². The van der Waals surface area contributed by atoms with Gasteiger partial charge in [0, 0.05) is 26.1 Å². The Bertz CT molecular complexity index is 403. The number of hydrogen-bond donors (Lipinski definition) is 3. The van der Waals surface area contributed by atoms with Gasteiger partial charge in [0.25, 0.3) is 5.91 Å². The van der Waals surface area contributed by atoms with E-state index in [1.807, 2.05) is 6.92 Å². The molecule has 1 unspecified atom stereocenters. The van der Waals surface area contributed by atoms with Gasteiger partial charge in [-0.3, -0.25) is 9.59 Å². The summed E-state index contributed by atoms with van der Waals surface area (Å²) in [6.45, 7) is 3.10. The zero-order valence-electron chi connectivity index (χ0n) is 11.7. The maximum Gasteiger partial charge on any atom is 0.286 e. The van der Waals surface area contributed by atoms with Crippen molar-refractivity contribution in [3.05, 3.63) is 24.2 Å². The molecule has 0 aliphatic rings. The monoisotopic (exact) mass is 282 g/mol. The number of rotatable bonds is 9. The molecule has 1 heterocycles. The summed E-state index contributed by atoms with van der Waals surface area (Å²) < 4.78 is 4.95. The smallest absolute Gasteiger partial charge is 0.286 e. The second kappa shape index (κ2) is 9.14. The standard InChI is InChI=1S/C14H22N2O4/c1-11(6-8-17)10-16-13(18)5-2-7-15-14(19)12-4-3-9-20-12/h3-4,9,11,17H,2,5-8,10H2,1H3,(H,15,19)(H,16,18). The van der Waals surface area contributed by atoms with E-state index >= 15 is 0 Å². The van der Waals surface area contributed by atoms with Crippen LogP contribution in [0.3, 0.4) is 0 Å². The largest absolute Gasteiger partial charge is 0.459 e. The maximum absolute atomic E-state index is 11.5. The van der Waals surface area contributed by atoms with Crippen molar-refractivity contribution >= 4 is 11.8 Å². The Morgan fingerprint density at radius 2 is 2.20 bits per heavy atom. The number of aliphatic hydroxyl groups excluding tert-OH is 1. The highest BCUT2D eigenvalue weighted by Gasteiger charge is 2.08. The normalized spacial score (nSPS) is 11.9. The fourth-order valence-corrected chi connectivity index (χ4v) is 1.64. The molecule has 0 radical (unpaired) electrons. The lowest BCUT2D eigenvalue weighted by Gasteiger charge is -2.11. The van der Waals surface area contributed by atoms with Gasteiger partial charge in [0.2, 0.25) is 5.91 Å². The van der Waals surface area contributed by atoms with Crippen LogP contribution in [-0.2, 0) is 4.79 Å². The molecule has 0 aliphatic heterocycles. The van der Waals surface area contributed by atoms with Crippen LogP contribution in [0.15, 0.2) is 22.8 Å². The summed E-state index contributed by atoms with van der Waals surface area (Å²) in [5.74, 6) is 0.226. The van der Waals surface area contributed by atoms with Gasteiger partial charge in [0.1, 0.15) is 0 Å². The first-order valence-electron chi connectivity index (χ1n) is 6.82. The second-order valence-corrected chi connectivity index (χ2v) is 4.76. The van der Waals surface area contributed by atoms with Gasteiger partial charge < -0.3 is 20.2 Å². The van der Waals surface area contributed by atoms with E-state index in [-0.39, 0.29) is 30.1 Å². The average Bonchev–Trinajstić information content (AvgIpc) is 2.95. The van der Waals surface area contributed by atoms with E-state index in [0.29, 0.717) is 32.4 Å². The molecule has 0 aliphatic carbocycles. The second-order valence-electron chi connectivity index (χ2n) is 4.76. The molecule has 112 valence electrons. The number of carbonyl (C=O) groups is 2. The van der Waals surface area contributed by atoms with Crippen molar-refractivity contribution in [1.82, 2.24) is 10.6 Å². The molecular weight excluding hydrogens is 260 g/mol. The summed E-state index contributed by atoms with van der Waals surface area (Å²) in [6.07, 6.45) is 3.06. The molecule has 20 heavy (non-hydrogen) atoms. The van der Waals surface area contributed by atoms with Crippen molar-refractivity contribution in [3.8, 4) is 0 Å². The minimum absolute atomic E-state index is 0.0398. The summed E-state index contributed by atoms with van der Waals surface area (Å²) in [5.41, 5.74) is 0. The molecule has 1 rings (SSSR count). The molecule has 0 spiro atoms. The topological polar surface area (TPSA) is 91.6 Å². The van der Waals surface area contributed by atoms with E-state index in [0.717, 1.165) is 0 Å². The molecule has 0 fully saturated rings. The molecule has 6 nitrogen and oxygen atoms in total. The lowest BCUT2D eigenvalue weighted by atomic mass is 10.1. The fraction of sp³-hybridized carbons (Fsp3) is 0.571. The van der Waals surface area contributed by atoms with Gasteiger partial charge in [0.05, 0.1) is 6.26 Å². The van der Waals surface area contributed by atoms with Gasteiger partial charge >= 0.3 is 0 Å². The summed E-state index contributed by atoms with van der Waals surface area (Å²) in [5, 5.41) is 14.2. The van der Waals surface area contributed by atoms with Crippen molar-refractivity contribution in [3.63, 3.8) is 0 Å². The number of furan rings is 1. The Morgan fingerprint density at radius 1 is 1.40 bits per heavy atom. The van der Waals surface area contributed by atoms with Crippen LogP contribution in [0.5, 0.6) is 0 Å². The Balaban J connectivity index is 2.06. The number of hydrogen-bond acceptors (Lipinski definition) is 4. The quantitative estimate of drug-likeness (QED) is 0.587. The third kappa shape index (κ3) is 6.38. The third-order valence-electron chi connectivity index (χ3n) is 2.88. The van der Waals surface area contributed by atoms with Crippen molar-refractivity contribution in [2.24, 2.45) is 5.92 Å². The van der Waals surface area contributed by atoms with E-state index in [9.17, 15) is 9.59 Å². The van der Waals surface area contributed by atoms with E-state index in [4.69, 9.17) is 9.52 Å². The maximum atomic E-state index is 11.5. The first-order chi connectivity index (χ1) is 9.63. The number of amides is 2. The summed E-state index contributed by atoms with van der Waals surface area (Å²) in [7, 11) is 0. The van der Waals surface area contributed by atoms with Gasteiger partial charge in [-0.2, -0.15) is 0 Å². The van der Waals surface area contributed by atoms with Gasteiger partial charge in [-0.25, -0.2) is 0 Å². The van der Waals surface area contributed by atoms with Crippen LogP contribution in [0, 0.1) is 5.92 Å². The molecule has 0 saturated carbocycles. The minimum atomic E-state index is -0.271. The first kappa shape index (κ1) is 16.2. The zero-order chi connectivity index (χ0) is 14.8. The predicted molar refractivity (Wildman–Crippen MR) is 74.2 cm³/mol. The minimum Gasteiger partial charge on any atom is -0.459 e. The van der Waals surface area contributed by atoms with Crippen molar-refractivity contribution in [1.29, 1.82) is 0 Å². The van der Waals surface area contributed by atoms with Crippen LogP contribution in [0.4, 0.5) is 0 Å². The van der Waals surface area contributed by atoms with E-state index in [1.165, 1.54) is 6.26 Å². The van der Waals surface area contributed by atoms with Crippen LogP contribution in [0.2, 0.25) is 0 Å². The molecule has 1 aromatic heterocycles. The van der Waals surface area contributed by atoms with Crippen LogP contribution in [0.1, 0.15) is 36.7 Å². The van der Waals surface area contributed by atoms with Crippen LogP contribution in [0.25, 0.3) is 0 Å². The summed E-state index contributed by atoms with van der Waals surface area (Å²) >= 11 is 0. The molecule has 1 atom stereocenters. The molecule has 2 amide bonds. The first-order valence-corrected chi connectivity index (χ1v) is 6.82. The average molecular weight is 282 g/mol. The highest BCUT2D eigenvalue weighted by Crippen LogP contribution is 2.00. The molecule has 0 saturated heterocycles. The number of carbonyl (C=O) groups excluding carboxylic acids is 2. The van der Waals surface area contributed by atoms with Gasteiger partial charge in [0.15, 0.2) is 5.76 Å². The van der Waals surface area contributed by atoms with Crippen molar-refractivity contribution < 1.29 is 19.1 Å². The lowest BCUT2D eigenvalue weighted by Crippen LogP contribution is -2.30. The SMILES string of the molecule is CC(CCO)CNC(=O)CCCNC(=O)c1ccco1. The van der Waals surface area contributed by atoms with Crippen LogP contribution < -0.4 is 10.6 Å². The molecule has 0 aromatic carbocycles. The molecule has 3 N–H and O–H groups in total. The third-order valence-corrected chi connectivity index (χ3v) is 2.88. The van der Waals surface area contributed by atoms with Crippen molar-refractivity contribution in [2.45, 2.75) is 26.2 Å². The Labute approximate surface area is 118 Å². The Hall–Kier alpha value is -1.82. The highest BCUT2D eigenvalue weighted by atomic mass is 16.3. The van der Waals surface area contributed by atoms with Gasteiger partial charge in [-0.05, 0) is 30.9 Å². The number of nitrogens with one attached hydrogen (secondary N) is 2. The molecule has 0 bridgehead atoms. The van der Waals surface area contributed by atoms with Crippen LogP contribution in [-0.4, -0.2) is 36.6 Å². The van der Waals surface area contributed by atoms with E-state index < -0.39 is 0 Å². The molecule has 6 heteroatoms. The number of aliphatic hydroxyl groups is 1. The van der Waals surface area contributed by atoms with Crippen LogP contribution >= 0.6 is 0 Å². The highest BCUT2D eigenvalue weighted by molar-refractivity contribution is 5.91. The summed E-state index contributed by atoms with van der Waals surface area (Å²) in [4.78, 5) is 23.0. The molecule has 1 aromatic rings. The van der Waals surface area contributed by atoms with Gasteiger partial charge in [-0.1, -0.05) is 6.92 Å².